The number of fused-ring (bicyclic) bond motifs is 2. The number of carbonyl (C=O) groups is 1. The highest BCUT2D eigenvalue weighted by Gasteiger charge is 2.41. The molecule has 0 heterocycles. The number of halogens is 1. The van der Waals surface area contributed by atoms with Gasteiger partial charge in [-0.25, -0.2) is 8.42 Å². The van der Waals surface area contributed by atoms with Gasteiger partial charge in [0.2, 0.25) is 15.9 Å². The zero-order chi connectivity index (χ0) is 17.5. The third-order valence-electron chi connectivity index (χ3n) is 5.24. The summed E-state index contributed by atoms with van der Waals surface area (Å²) < 4.78 is 25.6. The first kappa shape index (κ1) is 17.5. The molecule has 2 aliphatic rings. The van der Waals surface area contributed by atoms with Crippen molar-refractivity contribution in [1.29, 1.82) is 0 Å². The summed E-state index contributed by atoms with van der Waals surface area (Å²) in [7, 11) is -3.59. The van der Waals surface area contributed by atoms with Gasteiger partial charge in [0.25, 0.3) is 0 Å². The van der Waals surface area contributed by atoms with Crippen molar-refractivity contribution in [2.45, 2.75) is 44.7 Å². The maximum absolute atomic E-state index is 12.7. The van der Waals surface area contributed by atoms with Gasteiger partial charge in [-0.1, -0.05) is 18.0 Å². The fourth-order valence-corrected chi connectivity index (χ4v) is 5.42. The summed E-state index contributed by atoms with van der Waals surface area (Å²) in [6.07, 6.45) is 5.74. The molecule has 1 aromatic rings. The van der Waals surface area contributed by atoms with Crippen LogP contribution in [0.25, 0.3) is 0 Å². The van der Waals surface area contributed by atoms with Crippen LogP contribution < -0.4 is 9.62 Å². The van der Waals surface area contributed by atoms with Crippen molar-refractivity contribution in [2.24, 2.45) is 11.8 Å². The van der Waals surface area contributed by atoms with E-state index in [1.54, 1.807) is 31.2 Å². The molecule has 2 fully saturated rings. The van der Waals surface area contributed by atoms with Crippen LogP contribution in [0.3, 0.4) is 0 Å². The lowest BCUT2D eigenvalue weighted by Crippen LogP contribution is -2.51. The number of amides is 1. The van der Waals surface area contributed by atoms with E-state index in [-0.39, 0.29) is 11.9 Å². The van der Waals surface area contributed by atoms with E-state index in [0.717, 1.165) is 29.3 Å². The van der Waals surface area contributed by atoms with Crippen LogP contribution >= 0.6 is 11.6 Å². The molecule has 3 rings (SSSR count). The van der Waals surface area contributed by atoms with Crippen LogP contribution in [0.1, 0.15) is 32.6 Å². The quantitative estimate of drug-likeness (QED) is 0.866. The number of hydrogen-bond acceptors (Lipinski definition) is 3. The molecule has 1 amide bonds. The molecule has 0 saturated heterocycles. The summed E-state index contributed by atoms with van der Waals surface area (Å²) >= 11 is 5.87. The maximum atomic E-state index is 12.7. The molecule has 7 heteroatoms. The van der Waals surface area contributed by atoms with Gasteiger partial charge in [-0.15, -0.1) is 0 Å². The minimum atomic E-state index is -3.59. The monoisotopic (exact) mass is 370 g/mol. The summed E-state index contributed by atoms with van der Waals surface area (Å²) in [5.41, 5.74) is 0.442. The van der Waals surface area contributed by atoms with Gasteiger partial charge in [0.1, 0.15) is 6.04 Å². The van der Waals surface area contributed by atoms with E-state index in [1.807, 2.05) is 0 Å². The predicted octanol–water partition coefficient (Wildman–Crippen LogP) is 2.80. The molecular weight excluding hydrogens is 348 g/mol. The third kappa shape index (κ3) is 3.54. The molecule has 0 aliphatic heterocycles. The fraction of sp³-hybridized carbons (Fsp3) is 0.588. The second-order valence-electron chi connectivity index (χ2n) is 7.00. The molecule has 0 aromatic heterocycles. The van der Waals surface area contributed by atoms with E-state index in [2.05, 4.69) is 5.32 Å². The average molecular weight is 371 g/mol. The van der Waals surface area contributed by atoms with Crippen molar-refractivity contribution in [3.8, 4) is 0 Å². The van der Waals surface area contributed by atoms with Crippen LogP contribution in [-0.4, -0.2) is 32.7 Å². The second-order valence-corrected chi connectivity index (χ2v) is 9.30. The molecule has 2 saturated carbocycles. The Labute approximate surface area is 148 Å². The maximum Gasteiger partial charge on any atom is 0.243 e. The van der Waals surface area contributed by atoms with Crippen LogP contribution in [0.15, 0.2) is 24.3 Å². The lowest BCUT2D eigenvalue weighted by Gasteiger charge is -2.31. The highest BCUT2D eigenvalue weighted by Crippen LogP contribution is 2.44. The zero-order valence-electron chi connectivity index (χ0n) is 13.9. The number of nitrogens with zero attached hydrogens (tertiary/aromatic N) is 1. The van der Waals surface area contributed by atoms with E-state index in [0.29, 0.717) is 16.6 Å². The van der Waals surface area contributed by atoms with Gasteiger partial charge in [0.15, 0.2) is 0 Å². The predicted molar refractivity (Wildman–Crippen MR) is 95.6 cm³/mol. The topological polar surface area (TPSA) is 66.5 Å². The van der Waals surface area contributed by atoms with Crippen LogP contribution in [0, 0.1) is 11.8 Å². The van der Waals surface area contributed by atoms with Gasteiger partial charge in [0, 0.05) is 11.1 Å². The number of rotatable bonds is 5. The molecular formula is C17H23ClN2O3S. The Morgan fingerprint density at radius 3 is 2.42 bits per heavy atom. The zero-order valence-corrected chi connectivity index (χ0v) is 15.5. The van der Waals surface area contributed by atoms with Gasteiger partial charge < -0.3 is 5.32 Å². The van der Waals surface area contributed by atoms with Crippen molar-refractivity contribution in [3.05, 3.63) is 29.3 Å². The minimum Gasteiger partial charge on any atom is -0.351 e. The Balaban J connectivity index is 1.77. The highest BCUT2D eigenvalue weighted by molar-refractivity contribution is 7.92. The number of hydrogen-bond donors (Lipinski definition) is 1. The number of nitrogens with one attached hydrogen (secondary N) is 1. The first-order valence-electron chi connectivity index (χ1n) is 8.31. The molecule has 5 nitrogen and oxygen atoms in total. The molecule has 24 heavy (non-hydrogen) atoms. The second kappa shape index (κ2) is 6.56. The molecule has 1 N–H and O–H groups in total. The Morgan fingerprint density at radius 2 is 1.92 bits per heavy atom. The average Bonchev–Trinajstić information content (AvgIpc) is 3.10. The molecule has 132 valence electrons. The van der Waals surface area contributed by atoms with Crippen LogP contribution in [0.2, 0.25) is 5.02 Å². The van der Waals surface area contributed by atoms with Gasteiger partial charge in [0.05, 0.1) is 11.9 Å². The van der Waals surface area contributed by atoms with E-state index in [9.17, 15) is 13.2 Å². The van der Waals surface area contributed by atoms with Gasteiger partial charge in [-0.2, -0.15) is 0 Å². The highest BCUT2D eigenvalue weighted by atomic mass is 35.5. The standard InChI is InChI=1S/C17H23ClN2O3S/c1-11(17(21)19-16-10-12-3-4-13(16)9-12)20(24(2,22)23)15-7-5-14(18)6-8-15/h5-8,11-13,16H,3-4,9-10H2,1-2H3,(H,19,21)/t11-,12-,13-,16+/m0/s1. The lowest BCUT2D eigenvalue weighted by atomic mass is 9.95. The van der Waals surface area contributed by atoms with Gasteiger partial charge in [-0.3, -0.25) is 9.10 Å². The van der Waals surface area contributed by atoms with Crippen molar-refractivity contribution < 1.29 is 13.2 Å². The molecule has 2 aliphatic carbocycles. The molecule has 4 atom stereocenters. The van der Waals surface area contributed by atoms with E-state index >= 15 is 0 Å². The van der Waals surface area contributed by atoms with E-state index in [4.69, 9.17) is 11.6 Å². The number of anilines is 1. The smallest absolute Gasteiger partial charge is 0.243 e. The summed E-state index contributed by atoms with van der Waals surface area (Å²) in [4.78, 5) is 12.7. The summed E-state index contributed by atoms with van der Waals surface area (Å²) in [6.45, 7) is 1.62. The normalized spacial score (nSPS) is 27.0. The fourth-order valence-electron chi connectivity index (χ4n) is 4.12. The largest absolute Gasteiger partial charge is 0.351 e. The Hall–Kier alpha value is -1.27. The van der Waals surface area contributed by atoms with Gasteiger partial charge in [-0.05, 0) is 62.3 Å². The van der Waals surface area contributed by atoms with Crippen LogP contribution in [0.4, 0.5) is 5.69 Å². The lowest BCUT2D eigenvalue weighted by molar-refractivity contribution is -0.122. The first-order valence-corrected chi connectivity index (χ1v) is 10.5. The molecule has 2 bridgehead atoms. The van der Waals surface area contributed by atoms with E-state index < -0.39 is 16.1 Å². The number of carbonyl (C=O) groups excluding carboxylic acids is 1. The van der Waals surface area contributed by atoms with Crippen molar-refractivity contribution in [3.63, 3.8) is 0 Å². The first-order chi connectivity index (χ1) is 11.3. The molecule has 0 unspecified atom stereocenters. The number of benzene rings is 1. The van der Waals surface area contributed by atoms with E-state index in [1.165, 1.54) is 12.8 Å². The SMILES string of the molecule is C[C@@H](C(=O)N[C@@H]1C[C@H]2CC[C@H]1C2)N(c1ccc(Cl)cc1)S(C)(=O)=O. The molecule has 1 aromatic carbocycles. The Bertz CT molecular complexity index is 720. The van der Waals surface area contributed by atoms with Crippen molar-refractivity contribution >= 4 is 33.2 Å². The summed E-state index contributed by atoms with van der Waals surface area (Å²) in [5, 5.41) is 3.59. The molecule has 0 spiro atoms. The summed E-state index contributed by atoms with van der Waals surface area (Å²) in [5.74, 6) is 1.03. The van der Waals surface area contributed by atoms with Crippen LogP contribution in [-0.2, 0) is 14.8 Å². The van der Waals surface area contributed by atoms with Crippen molar-refractivity contribution in [2.75, 3.05) is 10.6 Å². The summed E-state index contributed by atoms with van der Waals surface area (Å²) in [6, 6.07) is 5.85. The Kier molecular flexibility index (Phi) is 4.80. The van der Waals surface area contributed by atoms with Gasteiger partial charge >= 0.3 is 0 Å². The minimum absolute atomic E-state index is 0.185. The van der Waals surface area contributed by atoms with Crippen molar-refractivity contribution in [1.82, 2.24) is 5.32 Å². The third-order valence-corrected chi connectivity index (χ3v) is 6.73. The molecule has 0 radical (unpaired) electrons. The van der Waals surface area contributed by atoms with Crippen LogP contribution in [0.5, 0.6) is 0 Å². The Morgan fingerprint density at radius 1 is 1.25 bits per heavy atom. The number of sulfonamides is 1.